The van der Waals surface area contributed by atoms with Crippen LogP contribution in [0.25, 0.3) is 0 Å². The van der Waals surface area contributed by atoms with E-state index in [1.165, 1.54) is 31.7 Å². The number of rotatable bonds is 5. The van der Waals surface area contributed by atoms with Crippen molar-refractivity contribution < 1.29 is 0 Å². The van der Waals surface area contributed by atoms with Gasteiger partial charge in [-0.3, -0.25) is 0 Å². The van der Waals surface area contributed by atoms with Crippen LogP contribution in [0.5, 0.6) is 0 Å². The number of nitrogens with zero attached hydrogens (tertiary/aromatic N) is 1. The molecule has 1 saturated heterocycles. The monoisotopic (exact) mass is 297 g/mol. The van der Waals surface area contributed by atoms with Crippen LogP contribution in [0, 0.1) is 0 Å². The highest BCUT2D eigenvalue weighted by molar-refractivity contribution is 9.10. The summed E-state index contributed by atoms with van der Waals surface area (Å²) < 4.78 is 1.13. The maximum Gasteiger partial charge on any atom is 0.0340 e. The molecule has 0 amide bonds. The molecule has 2 N–H and O–H groups in total. The molecule has 1 heterocycles. The third-order valence-corrected chi connectivity index (χ3v) is 3.56. The van der Waals surface area contributed by atoms with Gasteiger partial charge in [0.25, 0.3) is 0 Å². The quantitative estimate of drug-likeness (QED) is 0.816. The van der Waals surface area contributed by atoms with Crippen molar-refractivity contribution in [2.45, 2.75) is 6.42 Å². The molecule has 3 nitrogen and oxygen atoms in total. The summed E-state index contributed by atoms with van der Waals surface area (Å²) in [6.45, 7) is 6.91. The highest BCUT2D eigenvalue weighted by atomic mass is 79.9. The zero-order valence-corrected chi connectivity index (χ0v) is 11.7. The van der Waals surface area contributed by atoms with Crippen molar-refractivity contribution in [1.82, 2.24) is 10.2 Å². The first kappa shape index (κ1) is 12.9. The first-order valence-electron chi connectivity index (χ1n) is 6.27. The average Bonchev–Trinajstić information content (AvgIpc) is 2.38. The highest BCUT2D eigenvalue weighted by Gasteiger charge is 2.07. The van der Waals surface area contributed by atoms with Gasteiger partial charge in [-0.2, -0.15) is 0 Å². The predicted molar refractivity (Wildman–Crippen MR) is 76.6 cm³/mol. The van der Waals surface area contributed by atoms with Gasteiger partial charge in [0.05, 0.1) is 0 Å². The summed E-state index contributed by atoms with van der Waals surface area (Å²) in [5, 5.41) is 6.82. The van der Waals surface area contributed by atoms with E-state index in [9.17, 15) is 0 Å². The Labute approximate surface area is 112 Å². The maximum absolute atomic E-state index is 3.45. The molecule has 0 aromatic heterocycles. The molecule has 1 fully saturated rings. The van der Waals surface area contributed by atoms with E-state index in [1.54, 1.807) is 0 Å². The lowest BCUT2D eigenvalue weighted by Gasteiger charge is -2.27. The van der Waals surface area contributed by atoms with E-state index in [0.29, 0.717) is 0 Å². The topological polar surface area (TPSA) is 27.3 Å². The lowest BCUT2D eigenvalue weighted by Crippen LogP contribution is -2.44. The summed E-state index contributed by atoms with van der Waals surface area (Å²) in [5.74, 6) is 0. The summed E-state index contributed by atoms with van der Waals surface area (Å²) in [4.78, 5) is 2.53. The van der Waals surface area contributed by atoms with Gasteiger partial charge in [-0.15, -0.1) is 0 Å². The van der Waals surface area contributed by atoms with Crippen LogP contribution in [-0.4, -0.2) is 44.2 Å². The molecule has 17 heavy (non-hydrogen) atoms. The van der Waals surface area contributed by atoms with Gasteiger partial charge in [-0.05, 0) is 37.2 Å². The molecule has 0 spiro atoms. The van der Waals surface area contributed by atoms with Crippen LogP contribution in [0.15, 0.2) is 28.7 Å². The molecule has 0 radical (unpaired) electrons. The van der Waals surface area contributed by atoms with Crippen molar-refractivity contribution in [3.05, 3.63) is 28.7 Å². The summed E-state index contributed by atoms with van der Waals surface area (Å²) >= 11 is 3.44. The van der Waals surface area contributed by atoms with Crippen LogP contribution < -0.4 is 10.6 Å². The minimum atomic E-state index is 1.05. The van der Waals surface area contributed by atoms with E-state index in [1.807, 2.05) is 0 Å². The van der Waals surface area contributed by atoms with Gasteiger partial charge in [0.15, 0.2) is 0 Å². The predicted octanol–water partition coefficient (Wildman–Crippen LogP) is 2.16. The molecule has 0 atom stereocenters. The second-order valence-electron chi connectivity index (χ2n) is 4.38. The molecule has 1 aliphatic heterocycles. The summed E-state index contributed by atoms with van der Waals surface area (Å²) in [5.41, 5.74) is 1.20. The molecule has 94 valence electrons. The molecular weight excluding hydrogens is 278 g/mol. The van der Waals surface area contributed by atoms with Crippen LogP contribution >= 0.6 is 15.9 Å². The molecule has 0 bridgehead atoms. The lowest BCUT2D eigenvalue weighted by atomic mass is 10.3. The van der Waals surface area contributed by atoms with Crippen LogP contribution in [0.1, 0.15) is 6.42 Å². The van der Waals surface area contributed by atoms with E-state index in [0.717, 1.165) is 24.1 Å². The normalized spacial score (nSPS) is 17.0. The zero-order chi connectivity index (χ0) is 11.9. The van der Waals surface area contributed by atoms with Crippen LogP contribution in [-0.2, 0) is 0 Å². The van der Waals surface area contributed by atoms with E-state index in [4.69, 9.17) is 0 Å². The molecule has 1 aromatic carbocycles. The standard InChI is InChI=1S/C13H20BrN3/c14-12-2-4-13(5-3-12)16-6-1-9-17-10-7-15-8-11-17/h2-5,15-16H,1,6-11H2. The smallest absolute Gasteiger partial charge is 0.0340 e. The number of halogens is 1. The Bertz CT molecular complexity index is 320. The maximum atomic E-state index is 3.45. The van der Waals surface area contributed by atoms with Gasteiger partial charge in [0.1, 0.15) is 0 Å². The van der Waals surface area contributed by atoms with Crippen molar-refractivity contribution >= 4 is 21.6 Å². The van der Waals surface area contributed by atoms with Crippen molar-refractivity contribution in [3.63, 3.8) is 0 Å². The number of anilines is 1. The lowest BCUT2D eigenvalue weighted by molar-refractivity contribution is 0.240. The third-order valence-electron chi connectivity index (χ3n) is 3.03. The Balaban J connectivity index is 1.60. The number of hydrogen-bond acceptors (Lipinski definition) is 3. The largest absolute Gasteiger partial charge is 0.385 e. The van der Waals surface area contributed by atoms with E-state index < -0.39 is 0 Å². The molecule has 1 aromatic rings. The highest BCUT2D eigenvalue weighted by Crippen LogP contribution is 2.13. The Morgan fingerprint density at radius 2 is 1.88 bits per heavy atom. The van der Waals surface area contributed by atoms with Gasteiger partial charge in [-0.1, -0.05) is 15.9 Å². The van der Waals surface area contributed by atoms with Gasteiger partial charge in [0.2, 0.25) is 0 Å². The fourth-order valence-corrected chi connectivity index (χ4v) is 2.30. The summed E-state index contributed by atoms with van der Waals surface area (Å²) in [6, 6.07) is 8.35. The minimum absolute atomic E-state index is 1.05. The SMILES string of the molecule is Brc1ccc(NCCCN2CCNCC2)cc1. The Morgan fingerprint density at radius 3 is 2.59 bits per heavy atom. The van der Waals surface area contributed by atoms with Crippen molar-refractivity contribution in [1.29, 1.82) is 0 Å². The molecule has 0 aliphatic carbocycles. The van der Waals surface area contributed by atoms with Crippen molar-refractivity contribution in [2.24, 2.45) is 0 Å². The second-order valence-corrected chi connectivity index (χ2v) is 5.29. The summed E-state index contributed by atoms with van der Waals surface area (Å²) in [7, 11) is 0. The van der Waals surface area contributed by atoms with Gasteiger partial charge < -0.3 is 15.5 Å². The fraction of sp³-hybridized carbons (Fsp3) is 0.538. The molecule has 0 saturated carbocycles. The average molecular weight is 298 g/mol. The molecule has 0 unspecified atom stereocenters. The number of hydrogen-bond donors (Lipinski definition) is 2. The molecule has 1 aliphatic rings. The molecule has 2 rings (SSSR count). The Kier molecular flexibility index (Phi) is 5.29. The summed E-state index contributed by atoms with van der Waals surface area (Å²) in [6.07, 6.45) is 1.20. The molecular formula is C13H20BrN3. The number of benzene rings is 1. The van der Waals surface area contributed by atoms with Gasteiger partial charge in [0, 0.05) is 42.9 Å². The van der Waals surface area contributed by atoms with E-state index in [2.05, 4.69) is 55.7 Å². The van der Waals surface area contributed by atoms with Crippen LogP contribution in [0.3, 0.4) is 0 Å². The van der Waals surface area contributed by atoms with Gasteiger partial charge >= 0.3 is 0 Å². The Morgan fingerprint density at radius 1 is 1.18 bits per heavy atom. The van der Waals surface area contributed by atoms with E-state index in [-0.39, 0.29) is 0 Å². The van der Waals surface area contributed by atoms with Crippen molar-refractivity contribution in [2.75, 3.05) is 44.6 Å². The first-order chi connectivity index (χ1) is 8.34. The number of nitrogens with one attached hydrogen (secondary N) is 2. The van der Waals surface area contributed by atoms with Gasteiger partial charge in [-0.25, -0.2) is 0 Å². The Hall–Kier alpha value is -0.580. The van der Waals surface area contributed by atoms with Crippen molar-refractivity contribution in [3.8, 4) is 0 Å². The fourth-order valence-electron chi connectivity index (χ4n) is 2.04. The molecule has 4 heteroatoms. The minimum Gasteiger partial charge on any atom is -0.385 e. The zero-order valence-electron chi connectivity index (χ0n) is 10.1. The second kappa shape index (κ2) is 6.99. The first-order valence-corrected chi connectivity index (χ1v) is 7.06. The van der Waals surface area contributed by atoms with Crippen LogP contribution in [0.4, 0.5) is 5.69 Å². The van der Waals surface area contributed by atoms with E-state index >= 15 is 0 Å². The van der Waals surface area contributed by atoms with Crippen LogP contribution in [0.2, 0.25) is 0 Å². The number of piperazine rings is 1. The third kappa shape index (κ3) is 4.66.